The summed E-state index contributed by atoms with van der Waals surface area (Å²) >= 11 is 11.9. The largest absolute Gasteiger partial charge is 0.366 e. The number of benzene rings is 2. The number of aryl methyl sites for hydroxylation is 1. The maximum atomic E-state index is 12.4. The first kappa shape index (κ1) is 16.6. The molecule has 22 heavy (non-hydrogen) atoms. The Kier molecular flexibility index (Phi) is 4.65. The molecule has 0 radical (unpaired) electrons. The first-order valence-corrected chi connectivity index (χ1v) is 8.33. The van der Waals surface area contributed by atoms with E-state index in [2.05, 4.69) is 4.72 Å². The van der Waals surface area contributed by atoms with Gasteiger partial charge in [0, 0.05) is 10.6 Å². The van der Waals surface area contributed by atoms with Crippen LogP contribution in [-0.2, 0) is 10.0 Å². The van der Waals surface area contributed by atoms with E-state index in [1.54, 1.807) is 19.1 Å². The molecule has 116 valence electrons. The fourth-order valence-electron chi connectivity index (χ4n) is 1.73. The molecule has 8 heteroatoms. The third-order valence-electron chi connectivity index (χ3n) is 2.93. The van der Waals surface area contributed by atoms with Crippen LogP contribution in [0.5, 0.6) is 0 Å². The lowest BCUT2D eigenvalue weighted by Gasteiger charge is -2.11. The summed E-state index contributed by atoms with van der Waals surface area (Å²) in [7, 11) is -3.98. The summed E-state index contributed by atoms with van der Waals surface area (Å²) in [6.07, 6.45) is 0. The van der Waals surface area contributed by atoms with E-state index in [1.807, 2.05) is 0 Å². The van der Waals surface area contributed by atoms with Crippen LogP contribution >= 0.6 is 23.2 Å². The minimum Gasteiger partial charge on any atom is -0.366 e. The molecule has 2 aromatic rings. The first-order chi connectivity index (χ1) is 10.2. The summed E-state index contributed by atoms with van der Waals surface area (Å²) in [5, 5.41) is 0.410. The molecule has 2 rings (SSSR count). The molecule has 1 amide bonds. The van der Waals surface area contributed by atoms with Crippen LogP contribution < -0.4 is 10.5 Å². The maximum absolute atomic E-state index is 12.4. The number of primary amides is 1. The zero-order valence-corrected chi connectivity index (χ0v) is 13.8. The molecular weight excluding hydrogens is 347 g/mol. The van der Waals surface area contributed by atoms with Crippen LogP contribution in [0.25, 0.3) is 0 Å². The number of hydrogen-bond donors (Lipinski definition) is 2. The van der Waals surface area contributed by atoms with Crippen LogP contribution in [0.3, 0.4) is 0 Å². The van der Waals surface area contributed by atoms with Crippen molar-refractivity contribution >= 4 is 44.8 Å². The lowest BCUT2D eigenvalue weighted by Crippen LogP contribution is -2.16. The van der Waals surface area contributed by atoms with Crippen molar-refractivity contribution < 1.29 is 13.2 Å². The Morgan fingerprint density at radius 3 is 2.36 bits per heavy atom. The predicted molar refractivity (Wildman–Crippen MR) is 87.0 cm³/mol. The number of sulfonamides is 1. The van der Waals surface area contributed by atoms with Gasteiger partial charge in [0.15, 0.2) is 0 Å². The molecule has 0 unspecified atom stereocenters. The summed E-state index contributed by atoms with van der Waals surface area (Å²) in [6, 6.07) is 8.53. The molecule has 0 bridgehead atoms. The normalized spacial score (nSPS) is 11.2. The Bertz CT molecular complexity index is 851. The second kappa shape index (κ2) is 6.16. The van der Waals surface area contributed by atoms with Crippen LogP contribution in [0.4, 0.5) is 5.69 Å². The van der Waals surface area contributed by atoms with Gasteiger partial charge in [-0.3, -0.25) is 9.52 Å². The van der Waals surface area contributed by atoms with Crippen molar-refractivity contribution in [3.63, 3.8) is 0 Å². The highest BCUT2D eigenvalue weighted by Crippen LogP contribution is 2.26. The van der Waals surface area contributed by atoms with Gasteiger partial charge in [0.25, 0.3) is 10.0 Å². The molecule has 3 N–H and O–H groups in total. The molecule has 0 heterocycles. The molecule has 0 spiro atoms. The summed E-state index contributed by atoms with van der Waals surface area (Å²) in [5.74, 6) is -0.744. The van der Waals surface area contributed by atoms with Crippen LogP contribution in [0.2, 0.25) is 10.0 Å². The molecule has 0 fully saturated rings. The maximum Gasteiger partial charge on any atom is 0.263 e. The average Bonchev–Trinajstić information content (AvgIpc) is 2.42. The smallest absolute Gasteiger partial charge is 0.263 e. The van der Waals surface area contributed by atoms with Crippen LogP contribution in [0.1, 0.15) is 15.9 Å². The van der Waals surface area contributed by atoms with Gasteiger partial charge in [0.05, 0.1) is 10.7 Å². The highest BCUT2D eigenvalue weighted by Gasteiger charge is 2.20. The number of nitrogens with two attached hydrogens (primary N) is 1. The van der Waals surface area contributed by atoms with Gasteiger partial charge >= 0.3 is 0 Å². The Morgan fingerprint density at radius 1 is 1.09 bits per heavy atom. The summed E-state index contributed by atoms with van der Waals surface area (Å²) in [6.45, 7) is 1.80. The molecule has 0 aliphatic heterocycles. The summed E-state index contributed by atoms with van der Waals surface area (Å²) < 4.78 is 27.2. The van der Waals surface area contributed by atoms with Crippen molar-refractivity contribution in [3.8, 4) is 0 Å². The highest BCUT2D eigenvalue weighted by molar-refractivity contribution is 7.92. The number of nitrogens with one attached hydrogen (secondary N) is 1. The highest BCUT2D eigenvalue weighted by atomic mass is 35.5. The lowest BCUT2D eigenvalue weighted by atomic mass is 10.2. The molecule has 0 aromatic heterocycles. The van der Waals surface area contributed by atoms with Crippen molar-refractivity contribution in [2.75, 3.05) is 4.72 Å². The zero-order chi connectivity index (χ0) is 16.5. The molecule has 0 atom stereocenters. The minimum absolute atomic E-state index is 0.0179. The third-order valence-corrected chi connectivity index (χ3v) is 5.20. The van der Waals surface area contributed by atoms with E-state index in [0.717, 1.165) is 11.6 Å². The summed E-state index contributed by atoms with van der Waals surface area (Å²) in [5.41, 5.74) is 6.30. The Labute approximate surface area is 138 Å². The lowest BCUT2D eigenvalue weighted by molar-refractivity contribution is 0.1000. The first-order valence-electron chi connectivity index (χ1n) is 6.09. The number of carbonyl (C=O) groups is 1. The quantitative estimate of drug-likeness (QED) is 0.879. The van der Waals surface area contributed by atoms with Crippen LogP contribution in [0, 0.1) is 6.92 Å². The molecule has 0 saturated heterocycles. The van der Waals surface area contributed by atoms with Gasteiger partial charge in [0.1, 0.15) is 4.90 Å². The number of anilines is 1. The van der Waals surface area contributed by atoms with E-state index < -0.39 is 15.9 Å². The van der Waals surface area contributed by atoms with Gasteiger partial charge in [-0.05, 0) is 42.8 Å². The monoisotopic (exact) mass is 358 g/mol. The van der Waals surface area contributed by atoms with Crippen LogP contribution in [0.15, 0.2) is 41.3 Å². The number of halogens is 2. The SMILES string of the molecule is Cc1ccc(NS(=O)(=O)c2cc(C(N)=O)ccc2Cl)cc1Cl. The Hall–Kier alpha value is -1.76. The summed E-state index contributed by atoms with van der Waals surface area (Å²) in [4.78, 5) is 10.9. The standard InChI is InChI=1S/C14H12Cl2N2O3S/c1-8-2-4-10(7-12(8)16)18-22(20,21)13-6-9(14(17)19)3-5-11(13)15/h2-7,18H,1H3,(H2,17,19). The van der Waals surface area contributed by atoms with Gasteiger partial charge < -0.3 is 5.73 Å². The molecule has 0 saturated carbocycles. The molecular formula is C14H12Cl2N2O3S. The van der Waals surface area contributed by atoms with Gasteiger partial charge in [0.2, 0.25) is 5.91 Å². The topological polar surface area (TPSA) is 89.3 Å². The van der Waals surface area contributed by atoms with Crippen molar-refractivity contribution in [2.45, 2.75) is 11.8 Å². The van der Waals surface area contributed by atoms with Gasteiger partial charge in [-0.15, -0.1) is 0 Å². The van der Waals surface area contributed by atoms with E-state index in [1.165, 1.54) is 18.2 Å². The third kappa shape index (κ3) is 3.52. The number of rotatable bonds is 4. The van der Waals surface area contributed by atoms with E-state index in [4.69, 9.17) is 28.9 Å². The van der Waals surface area contributed by atoms with E-state index in [-0.39, 0.29) is 21.2 Å². The average molecular weight is 359 g/mol. The minimum atomic E-state index is -3.98. The molecule has 5 nitrogen and oxygen atoms in total. The zero-order valence-electron chi connectivity index (χ0n) is 11.4. The van der Waals surface area contributed by atoms with Crippen molar-refractivity contribution in [3.05, 3.63) is 57.6 Å². The Balaban J connectivity index is 2.44. The van der Waals surface area contributed by atoms with E-state index in [9.17, 15) is 13.2 Å². The van der Waals surface area contributed by atoms with E-state index >= 15 is 0 Å². The van der Waals surface area contributed by atoms with Gasteiger partial charge in [-0.1, -0.05) is 29.3 Å². The molecule has 0 aliphatic carbocycles. The predicted octanol–water partition coefficient (Wildman–Crippen LogP) is 3.20. The van der Waals surface area contributed by atoms with Gasteiger partial charge in [-0.25, -0.2) is 8.42 Å². The second-order valence-electron chi connectivity index (χ2n) is 4.58. The number of carbonyl (C=O) groups excluding carboxylic acids is 1. The molecule has 0 aliphatic rings. The molecule has 2 aromatic carbocycles. The second-order valence-corrected chi connectivity index (χ2v) is 7.04. The van der Waals surface area contributed by atoms with E-state index in [0.29, 0.717) is 5.02 Å². The van der Waals surface area contributed by atoms with Crippen LogP contribution in [-0.4, -0.2) is 14.3 Å². The number of hydrogen-bond acceptors (Lipinski definition) is 3. The number of amides is 1. The fourth-order valence-corrected chi connectivity index (χ4v) is 3.49. The van der Waals surface area contributed by atoms with Gasteiger partial charge in [-0.2, -0.15) is 0 Å². The fraction of sp³-hybridized carbons (Fsp3) is 0.0714. The van der Waals surface area contributed by atoms with Crippen molar-refractivity contribution in [1.29, 1.82) is 0 Å². The Morgan fingerprint density at radius 2 is 1.77 bits per heavy atom. The van der Waals surface area contributed by atoms with Crippen molar-refractivity contribution in [2.24, 2.45) is 5.73 Å². The van der Waals surface area contributed by atoms with Crippen molar-refractivity contribution in [1.82, 2.24) is 0 Å².